The summed E-state index contributed by atoms with van der Waals surface area (Å²) in [5.74, 6) is 0. The lowest BCUT2D eigenvalue weighted by Gasteiger charge is -2.27. The minimum atomic E-state index is -0.548. The van der Waals surface area contributed by atoms with E-state index in [1.807, 2.05) is 0 Å². The van der Waals surface area contributed by atoms with Gasteiger partial charge in [0.1, 0.15) is 0 Å². The Morgan fingerprint density at radius 2 is 1.82 bits per heavy atom. The number of nitrogens with zero attached hydrogens (tertiary/aromatic N) is 1. The summed E-state index contributed by atoms with van der Waals surface area (Å²) < 4.78 is 0. The zero-order valence-corrected chi connectivity index (χ0v) is 6.87. The quantitative estimate of drug-likeness (QED) is 0.600. The van der Waals surface area contributed by atoms with Crippen molar-refractivity contribution in [2.45, 2.75) is 25.4 Å². The molecule has 0 spiro atoms. The average Bonchev–Trinajstić information content (AvgIpc) is 2.06. The maximum Gasteiger partial charge on any atom is 0.0897 e. The number of likely N-dealkylation sites (tertiary alicyclic amines) is 1. The van der Waals surface area contributed by atoms with E-state index in [0.717, 1.165) is 13.1 Å². The Morgan fingerprint density at radius 1 is 1.18 bits per heavy atom. The van der Waals surface area contributed by atoms with Gasteiger partial charge in [0.2, 0.25) is 0 Å². The van der Waals surface area contributed by atoms with Crippen molar-refractivity contribution in [2.24, 2.45) is 0 Å². The molecule has 0 amide bonds. The maximum atomic E-state index is 9.12. The van der Waals surface area contributed by atoms with Crippen LogP contribution in [0.5, 0.6) is 0 Å². The van der Waals surface area contributed by atoms with Crippen LogP contribution in [0.25, 0.3) is 0 Å². The van der Waals surface area contributed by atoms with Crippen molar-refractivity contribution in [3.63, 3.8) is 0 Å². The van der Waals surface area contributed by atoms with Gasteiger partial charge in [-0.15, -0.1) is 0 Å². The summed E-state index contributed by atoms with van der Waals surface area (Å²) in [7, 11) is 0. The highest BCUT2D eigenvalue weighted by atomic mass is 16.3. The summed E-state index contributed by atoms with van der Waals surface area (Å²) >= 11 is 0. The highest BCUT2D eigenvalue weighted by Gasteiger charge is 2.13. The Morgan fingerprint density at radius 3 is 2.36 bits per heavy atom. The number of rotatable bonds is 3. The standard InChI is InChI=1S/C8H17NO2/c10-7-8(11)6-9-4-2-1-3-5-9/h8,10-11H,1-7H2. The van der Waals surface area contributed by atoms with Gasteiger partial charge in [-0.3, -0.25) is 0 Å². The first kappa shape index (κ1) is 8.97. The van der Waals surface area contributed by atoms with E-state index in [9.17, 15) is 0 Å². The Labute approximate surface area is 67.6 Å². The molecule has 0 saturated carbocycles. The smallest absolute Gasteiger partial charge is 0.0897 e. The third kappa shape index (κ3) is 3.18. The number of hydrogen-bond acceptors (Lipinski definition) is 3. The Balaban J connectivity index is 2.13. The van der Waals surface area contributed by atoms with Crippen LogP contribution in [-0.4, -0.2) is 47.5 Å². The highest BCUT2D eigenvalue weighted by Crippen LogP contribution is 2.08. The minimum absolute atomic E-state index is 0.115. The van der Waals surface area contributed by atoms with Crippen molar-refractivity contribution in [1.82, 2.24) is 4.90 Å². The fourth-order valence-electron chi connectivity index (χ4n) is 1.50. The first-order chi connectivity index (χ1) is 5.33. The number of β-amino-alcohol motifs (C(OH)–C–C–N with tert-alkyl or cyclic N) is 1. The van der Waals surface area contributed by atoms with Gasteiger partial charge in [0.25, 0.3) is 0 Å². The lowest BCUT2D eigenvalue weighted by atomic mass is 10.1. The van der Waals surface area contributed by atoms with Crippen LogP contribution < -0.4 is 0 Å². The predicted molar refractivity (Wildman–Crippen MR) is 43.4 cm³/mol. The van der Waals surface area contributed by atoms with Gasteiger partial charge < -0.3 is 15.1 Å². The van der Waals surface area contributed by atoms with E-state index in [0.29, 0.717) is 6.54 Å². The van der Waals surface area contributed by atoms with Gasteiger partial charge in [-0.05, 0) is 25.9 Å². The van der Waals surface area contributed by atoms with Crippen molar-refractivity contribution >= 4 is 0 Å². The van der Waals surface area contributed by atoms with Crippen molar-refractivity contribution in [1.29, 1.82) is 0 Å². The summed E-state index contributed by atoms with van der Waals surface area (Å²) in [6.07, 6.45) is 3.23. The zero-order valence-electron chi connectivity index (χ0n) is 6.87. The molecule has 0 aromatic heterocycles. The predicted octanol–water partition coefficient (Wildman–Crippen LogP) is -0.175. The third-order valence-electron chi connectivity index (χ3n) is 2.13. The molecule has 1 aliphatic rings. The van der Waals surface area contributed by atoms with Gasteiger partial charge >= 0.3 is 0 Å². The average molecular weight is 159 g/mol. The van der Waals surface area contributed by atoms with Crippen LogP contribution >= 0.6 is 0 Å². The molecule has 1 unspecified atom stereocenters. The summed E-state index contributed by atoms with van der Waals surface area (Å²) in [5, 5.41) is 17.7. The summed E-state index contributed by atoms with van der Waals surface area (Å²) in [6.45, 7) is 2.68. The van der Waals surface area contributed by atoms with E-state index in [4.69, 9.17) is 10.2 Å². The second kappa shape index (κ2) is 4.70. The second-order valence-electron chi connectivity index (χ2n) is 3.20. The SMILES string of the molecule is OCC(O)CN1CCCCC1. The van der Waals surface area contributed by atoms with Crippen LogP contribution in [0.15, 0.2) is 0 Å². The molecule has 1 aliphatic heterocycles. The van der Waals surface area contributed by atoms with Crippen molar-refractivity contribution in [3.05, 3.63) is 0 Å². The minimum Gasteiger partial charge on any atom is -0.394 e. The monoisotopic (exact) mass is 159 g/mol. The van der Waals surface area contributed by atoms with Gasteiger partial charge in [0.15, 0.2) is 0 Å². The van der Waals surface area contributed by atoms with Gasteiger partial charge in [0, 0.05) is 6.54 Å². The van der Waals surface area contributed by atoms with Crippen LogP contribution in [0.4, 0.5) is 0 Å². The van der Waals surface area contributed by atoms with Crippen molar-refractivity contribution in [2.75, 3.05) is 26.2 Å². The molecule has 0 radical (unpaired) electrons. The fourth-order valence-corrected chi connectivity index (χ4v) is 1.50. The van der Waals surface area contributed by atoms with E-state index in [-0.39, 0.29) is 6.61 Å². The van der Waals surface area contributed by atoms with Gasteiger partial charge in [-0.25, -0.2) is 0 Å². The Hall–Kier alpha value is -0.120. The number of aliphatic hydroxyl groups is 2. The summed E-state index contributed by atoms with van der Waals surface area (Å²) in [6, 6.07) is 0. The molecule has 1 heterocycles. The normalized spacial score (nSPS) is 23.5. The van der Waals surface area contributed by atoms with Gasteiger partial charge in [0.05, 0.1) is 12.7 Å². The molecule has 11 heavy (non-hydrogen) atoms. The zero-order chi connectivity index (χ0) is 8.10. The Bertz CT molecular complexity index is 102. The van der Waals surface area contributed by atoms with Crippen molar-refractivity contribution in [3.8, 4) is 0 Å². The molecule has 3 nitrogen and oxygen atoms in total. The first-order valence-corrected chi connectivity index (χ1v) is 4.34. The molecule has 3 heteroatoms. The molecule has 0 aliphatic carbocycles. The van der Waals surface area contributed by atoms with Crippen LogP contribution in [0.2, 0.25) is 0 Å². The number of piperidine rings is 1. The third-order valence-corrected chi connectivity index (χ3v) is 2.13. The molecule has 1 rings (SSSR count). The fraction of sp³-hybridized carbons (Fsp3) is 1.00. The molecule has 66 valence electrons. The maximum absolute atomic E-state index is 9.12. The second-order valence-corrected chi connectivity index (χ2v) is 3.20. The van der Waals surface area contributed by atoms with E-state index in [1.165, 1.54) is 19.3 Å². The molecular weight excluding hydrogens is 142 g/mol. The number of aliphatic hydroxyl groups excluding tert-OH is 2. The van der Waals surface area contributed by atoms with Gasteiger partial charge in [-0.2, -0.15) is 0 Å². The van der Waals surface area contributed by atoms with Crippen LogP contribution in [0.1, 0.15) is 19.3 Å². The van der Waals surface area contributed by atoms with E-state index in [2.05, 4.69) is 4.90 Å². The molecule has 2 N–H and O–H groups in total. The molecule has 1 fully saturated rings. The van der Waals surface area contributed by atoms with Crippen LogP contribution in [0.3, 0.4) is 0 Å². The molecule has 1 saturated heterocycles. The molecule has 0 aromatic carbocycles. The Kier molecular flexibility index (Phi) is 3.83. The molecule has 0 aromatic rings. The molecule has 1 atom stereocenters. The lowest BCUT2D eigenvalue weighted by molar-refractivity contribution is 0.0533. The van der Waals surface area contributed by atoms with Gasteiger partial charge in [-0.1, -0.05) is 6.42 Å². The number of hydrogen-bond donors (Lipinski definition) is 2. The summed E-state index contributed by atoms with van der Waals surface area (Å²) in [5.41, 5.74) is 0. The van der Waals surface area contributed by atoms with Crippen LogP contribution in [0, 0.1) is 0 Å². The molecular formula is C8H17NO2. The topological polar surface area (TPSA) is 43.7 Å². The summed E-state index contributed by atoms with van der Waals surface area (Å²) in [4.78, 5) is 2.21. The van der Waals surface area contributed by atoms with Crippen molar-refractivity contribution < 1.29 is 10.2 Å². The first-order valence-electron chi connectivity index (χ1n) is 4.34. The van der Waals surface area contributed by atoms with E-state index < -0.39 is 6.10 Å². The largest absolute Gasteiger partial charge is 0.394 e. The van der Waals surface area contributed by atoms with E-state index in [1.54, 1.807) is 0 Å². The molecule has 0 bridgehead atoms. The van der Waals surface area contributed by atoms with Crippen LogP contribution in [-0.2, 0) is 0 Å². The van der Waals surface area contributed by atoms with E-state index >= 15 is 0 Å². The lowest BCUT2D eigenvalue weighted by Crippen LogP contribution is -2.37. The highest BCUT2D eigenvalue weighted by molar-refractivity contribution is 4.67.